The van der Waals surface area contributed by atoms with Crippen LogP contribution in [0.15, 0.2) is 24.4 Å². The molecule has 1 aliphatic carbocycles. The molecule has 0 aromatic carbocycles. The minimum absolute atomic E-state index is 1.15. The Morgan fingerprint density at radius 3 is 3.27 bits per heavy atom. The van der Waals surface area contributed by atoms with E-state index in [2.05, 4.69) is 35.4 Å². The van der Waals surface area contributed by atoms with Crippen LogP contribution in [-0.4, -0.2) is 4.98 Å². The lowest BCUT2D eigenvalue weighted by Crippen LogP contribution is -2.21. The van der Waals surface area contributed by atoms with Gasteiger partial charge in [0.15, 0.2) is 0 Å². The van der Waals surface area contributed by atoms with Crippen molar-refractivity contribution in [3.8, 4) is 0 Å². The van der Waals surface area contributed by atoms with E-state index in [1.165, 1.54) is 10.6 Å². The SMILES string of the molecule is C1=CCCC=c2cc[nH]c2=C1. The van der Waals surface area contributed by atoms with E-state index in [4.69, 9.17) is 0 Å². The van der Waals surface area contributed by atoms with E-state index in [-0.39, 0.29) is 0 Å². The molecular weight excluding hydrogens is 134 g/mol. The summed E-state index contributed by atoms with van der Waals surface area (Å²) in [5.74, 6) is 0. The second-order valence-electron chi connectivity index (χ2n) is 2.72. The highest BCUT2D eigenvalue weighted by Gasteiger charge is 1.86. The van der Waals surface area contributed by atoms with E-state index in [9.17, 15) is 0 Å². The van der Waals surface area contributed by atoms with Crippen molar-refractivity contribution >= 4 is 12.2 Å². The van der Waals surface area contributed by atoms with Crippen LogP contribution in [0.2, 0.25) is 0 Å². The number of H-pyrrole nitrogens is 1. The van der Waals surface area contributed by atoms with Crippen molar-refractivity contribution in [2.45, 2.75) is 12.8 Å². The van der Waals surface area contributed by atoms with E-state index >= 15 is 0 Å². The molecule has 1 heteroatoms. The maximum absolute atomic E-state index is 3.19. The van der Waals surface area contributed by atoms with Gasteiger partial charge >= 0.3 is 0 Å². The van der Waals surface area contributed by atoms with Crippen LogP contribution in [0.3, 0.4) is 0 Å². The zero-order chi connectivity index (χ0) is 7.52. The van der Waals surface area contributed by atoms with Crippen molar-refractivity contribution in [1.29, 1.82) is 0 Å². The highest BCUT2D eigenvalue weighted by atomic mass is 14.6. The third-order valence-corrected chi connectivity index (χ3v) is 1.91. The van der Waals surface area contributed by atoms with Crippen LogP contribution in [0, 0.1) is 0 Å². The quantitative estimate of drug-likeness (QED) is 0.559. The molecule has 0 fully saturated rings. The predicted molar refractivity (Wildman–Crippen MR) is 47.3 cm³/mol. The molecule has 1 aromatic heterocycles. The molecule has 0 saturated carbocycles. The van der Waals surface area contributed by atoms with Crippen molar-refractivity contribution < 1.29 is 0 Å². The number of aromatic nitrogens is 1. The van der Waals surface area contributed by atoms with Crippen LogP contribution < -0.4 is 10.6 Å². The highest BCUT2D eigenvalue weighted by Crippen LogP contribution is 1.93. The summed E-state index contributed by atoms with van der Waals surface area (Å²) in [5, 5.41) is 2.55. The fourth-order valence-electron chi connectivity index (χ4n) is 1.31. The molecule has 11 heavy (non-hydrogen) atoms. The number of fused-ring (bicyclic) bond motifs is 1. The smallest absolute Gasteiger partial charge is 0.0450 e. The lowest BCUT2D eigenvalue weighted by Gasteiger charge is -1.88. The molecule has 2 rings (SSSR count). The molecule has 1 nitrogen and oxygen atoms in total. The molecule has 1 aromatic rings. The summed E-state index contributed by atoms with van der Waals surface area (Å²) in [4.78, 5) is 3.19. The van der Waals surface area contributed by atoms with Crippen LogP contribution >= 0.6 is 0 Å². The summed E-state index contributed by atoms with van der Waals surface area (Å²) in [5.41, 5.74) is 0. The van der Waals surface area contributed by atoms with Crippen LogP contribution in [0.4, 0.5) is 0 Å². The average molecular weight is 145 g/mol. The summed E-state index contributed by atoms with van der Waals surface area (Å²) < 4.78 is 0. The summed E-state index contributed by atoms with van der Waals surface area (Å²) in [6, 6.07) is 2.12. The van der Waals surface area contributed by atoms with Gasteiger partial charge in [0.05, 0.1) is 0 Å². The Hall–Kier alpha value is -1.24. The van der Waals surface area contributed by atoms with Gasteiger partial charge < -0.3 is 4.98 Å². The number of aromatic amines is 1. The van der Waals surface area contributed by atoms with Gasteiger partial charge in [-0.25, -0.2) is 0 Å². The molecule has 1 heterocycles. The lowest BCUT2D eigenvalue weighted by molar-refractivity contribution is 1.09. The number of rotatable bonds is 0. The average Bonchev–Trinajstić information content (AvgIpc) is 2.35. The van der Waals surface area contributed by atoms with E-state index in [1.54, 1.807) is 0 Å². The van der Waals surface area contributed by atoms with Gasteiger partial charge in [-0.2, -0.15) is 0 Å². The summed E-state index contributed by atoms with van der Waals surface area (Å²) >= 11 is 0. The van der Waals surface area contributed by atoms with Crippen LogP contribution in [0.25, 0.3) is 12.2 Å². The molecular formula is C10H11N. The van der Waals surface area contributed by atoms with Crippen molar-refractivity contribution in [2.24, 2.45) is 0 Å². The molecule has 56 valence electrons. The number of hydrogen-bond donors (Lipinski definition) is 1. The molecule has 0 saturated heterocycles. The normalized spacial score (nSPS) is 15.6. The molecule has 0 spiro atoms. The number of allylic oxidation sites excluding steroid dienone is 2. The Bertz CT molecular complexity index is 368. The van der Waals surface area contributed by atoms with Gasteiger partial charge in [-0.05, 0) is 30.2 Å². The zero-order valence-corrected chi connectivity index (χ0v) is 6.38. The van der Waals surface area contributed by atoms with Gasteiger partial charge in [0.25, 0.3) is 0 Å². The minimum Gasteiger partial charge on any atom is -0.361 e. The Morgan fingerprint density at radius 2 is 2.27 bits per heavy atom. The molecule has 1 aliphatic rings. The Kier molecular flexibility index (Phi) is 1.64. The topological polar surface area (TPSA) is 15.8 Å². The van der Waals surface area contributed by atoms with Gasteiger partial charge in [0.2, 0.25) is 0 Å². The first-order chi connectivity index (χ1) is 5.47. The molecule has 0 amide bonds. The lowest BCUT2D eigenvalue weighted by atomic mass is 10.2. The molecule has 0 atom stereocenters. The van der Waals surface area contributed by atoms with Crippen molar-refractivity contribution in [2.75, 3.05) is 0 Å². The maximum atomic E-state index is 3.19. The summed E-state index contributed by atoms with van der Waals surface area (Å²) in [6.07, 6.45) is 13.0. The Balaban J connectivity index is 2.69. The first-order valence-electron chi connectivity index (χ1n) is 3.97. The van der Waals surface area contributed by atoms with E-state index in [1.807, 2.05) is 6.20 Å². The first kappa shape index (κ1) is 6.47. The van der Waals surface area contributed by atoms with Crippen molar-refractivity contribution in [3.63, 3.8) is 0 Å². The number of hydrogen-bond acceptors (Lipinski definition) is 0. The third-order valence-electron chi connectivity index (χ3n) is 1.91. The van der Waals surface area contributed by atoms with Crippen molar-refractivity contribution in [1.82, 2.24) is 4.98 Å². The van der Waals surface area contributed by atoms with Crippen molar-refractivity contribution in [3.05, 3.63) is 35.0 Å². The van der Waals surface area contributed by atoms with Crippen LogP contribution in [-0.2, 0) is 0 Å². The Labute approximate surface area is 65.8 Å². The van der Waals surface area contributed by atoms with E-state index in [0.717, 1.165) is 12.8 Å². The number of nitrogens with one attached hydrogen (secondary N) is 1. The maximum Gasteiger partial charge on any atom is 0.0450 e. The standard InChI is InChI=1S/C10H11N/c1-2-4-6-10-9(5-3-1)7-8-11-10/h2,4-8,11H,1,3H2. The fraction of sp³-hybridized carbons (Fsp3) is 0.200. The first-order valence-corrected chi connectivity index (χ1v) is 3.97. The molecule has 0 radical (unpaired) electrons. The largest absolute Gasteiger partial charge is 0.361 e. The van der Waals surface area contributed by atoms with Gasteiger partial charge in [-0.3, -0.25) is 0 Å². The molecule has 0 unspecified atom stereocenters. The molecule has 1 N–H and O–H groups in total. The van der Waals surface area contributed by atoms with Crippen LogP contribution in [0.1, 0.15) is 12.8 Å². The second kappa shape index (κ2) is 2.79. The van der Waals surface area contributed by atoms with Gasteiger partial charge in [-0.1, -0.05) is 18.2 Å². The summed E-state index contributed by atoms with van der Waals surface area (Å²) in [7, 11) is 0. The molecule has 0 bridgehead atoms. The van der Waals surface area contributed by atoms with E-state index < -0.39 is 0 Å². The van der Waals surface area contributed by atoms with Gasteiger partial charge in [-0.15, -0.1) is 0 Å². The minimum atomic E-state index is 1.15. The highest BCUT2D eigenvalue weighted by molar-refractivity contribution is 5.39. The van der Waals surface area contributed by atoms with Crippen LogP contribution in [0.5, 0.6) is 0 Å². The molecule has 0 aliphatic heterocycles. The van der Waals surface area contributed by atoms with Gasteiger partial charge in [0.1, 0.15) is 0 Å². The Morgan fingerprint density at radius 1 is 1.27 bits per heavy atom. The fourth-order valence-corrected chi connectivity index (χ4v) is 1.31. The third kappa shape index (κ3) is 1.27. The van der Waals surface area contributed by atoms with Gasteiger partial charge in [0, 0.05) is 11.5 Å². The second-order valence-corrected chi connectivity index (χ2v) is 2.72. The monoisotopic (exact) mass is 145 g/mol. The zero-order valence-electron chi connectivity index (χ0n) is 6.38. The summed E-state index contributed by atoms with van der Waals surface area (Å²) in [6.45, 7) is 0. The predicted octanol–water partition coefficient (Wildman–Crippen LogP) is 0.926. The van der Waals surface area contributed by atoms with E-state index in [0.29, 0.717) is 0 Å².